The van der Waals surface area contributed by atoms with E-state index in [2.05, 4.69) is 57.3 Å². The van der Waals surface area contributed by atoms with Crippen LogP contribution in [0.1, 0.15) is 77.9 Å². The standard InChI is InChI=1S/C20H35NOS.ClH/c1-5-6-7-8-9-10-15-21-17(4)20(22)18-11-13-19(14-12-18)23-16(2)3;/h11-14,16-17,20-22H,5-10,15H2,1-4H3;1H. The molecule has 140 valence electrons. The molecule has 24 heavy (non-hydrogen) atoms. The first-order valence-corrected chi connectivity index (χ1v) is 10.1. The highest BCUT2D eigenvalue weighted by atomic mass is 35.5. The van der Waals surface area contributed by atoms with Crippen molar-refractivity contribution < 1.29 is 5.11 Å². The molecule has 0 amide bonds. The summed E-state index contributed by atoms with van der Waals surface area (Å²) in [6.45, 7) is 9.70. The average Bonchev–Trinajstić information content (AvgIpc) is 2.53. The van der Waals surface area contributed by atoms with Crippen molar-refractivity contribution in [2.24, 2.45) is 0 Å². The fraction of sp³-hybridized carbons (Fsp3) is 0.700. The lowest BCUT2D eigenvalue weighted by Gasteiger charge is -2.21. The van der Waals surface area contributed by atoms with Crippen LogP contribution in [-0.2, 0) is 0 Å². The van der Waals surface area contributed by atoms with Gasteiger partial charge in [0.2, 0.25) is 0 Å². The lowest BCUT2D eigenvalue weighted by atomic mass is 10.0. The van der Waals surface area contributed by atoms with E-state index in [9.17, 15) is 5.11 Å². The van der Waals surface area contributed by atoms with Crippen LogP contribution in [0, 0.1) is 0 Å². The summed E-state index contributed by atoms with van der Waals surface area (Å²) < 4.78 is 0. The molecule has 0 aliphatic rings. The number of thioether (sulfide) groups is 1. The van der Waals surface area contributed by atoms with Crippen LogP contribution in [0.4, 0.5) is 0 Å². The Labute approximate surface area is 159 Å². The van der Waals surface area contributed by atoms with E-state index in [-0.39, 0.29) is 18.4 Å². The topological polar surface area (TPSA) is 32.3 Å². The summed E-state index contributed by atoms with van der Waals surface area (Å²) in [6, 6.07) is 8.43. The lowest BCUT2D eigenvalue weighted by molar-refractivity contribution is 0.136. The third kappa shape index (κ3) is 9.93. The number of unbranched alkanes of at least 4 members (excludes halogenated alkanes) is 5. The molecule has 0 spiro atoms. The third-order valence-corrected chi connectivity index (χ3v) is 5.08. The maximum Gasteiger partial charge on any atom is 0.0940 e. The number of hydrogen-bond donors (Lipinski definition) is 2. The highest BCUT2D eigenvalue weighted by molar-refractivity contribution is 7.99. The Morgan fingerprint density at radius 1 is 0.958 bits per heavy atom. The Hall–Kier alpha value is -0.220. The van der Waals surface area contributed by atoms with Crippen LogP contribution in [0.2, 0.25) is 0 Å². The highest BCUT2D eigenvalue weighted by Gasteiger charge is 2.15. The summed E-state index contributed by atoms with van der Waals surface area (Å²) in [5.74, 6) is 0. The van der Waals surface area contributed by atoms with E-state index in [1.54, 1.807) is 0 Å². The number of aliphatic hydroxyl groups excluding tert-OH is 1. The first-order valence-electron chi connectivity index (χ1n) is 9.22. The number of halogens is 1. The summed E-state index contributed by atoms with van der Waals surface area (Å²) in [7, 11) is 0. The van der Waals surface area contributed by atoms with Crippen molar-refractivity contribution in [3.05, 3.63) is 29.8 Å². The van der Waals surface area contributed by atoms with E-state index in [0.717, 1.165) is 12.1 Å². The van der Waals surface area contributed by atoms with Gasteiger partial charge < -0.3 is 10.4 Å². The fourth-order valence-corrected chi connectivity index (χ4v) is 3.49. The van der Waals surface area contributed by atoms with Gasteiger partial charge in [0.25, 0.3) is 0 Å². The summed E-state index contributed by atoms with van der Waals surface area (Å²) in [5.41, 5.74) is 1.00. The average molecular weight is 374 g/mol. The molecule has 0 radical (unpaired) electrons. The zero-order valence-corrected chi connectivity index (χ0v) is 17.4. The second-order valence-corrected chi connectivity index (χ2v) is 8.34. The zero-order chi connectivity index (χ0) is 17.1. The Morgan fingerprint density at radius 3 is 2.12 bits per heavy atom. The van der Waals surface area contributed by atoms with Crippen LogP contribution in [0.25, 0.3) is 0 Å². The van der Waals surface area contributed by atoms with Crippen molar-refractivity contribution in [3.63, 3.8) is 0 Å². The van der Waals surface area contributed by atoms with E-state index in [0.29, 0.717) is 5.25 Å². The van der Waals surface area contributed by atoms with Gasteiger partial charge in [-0.2, -0.15) is 0 Å². The van der Waals surface area contributed by atoms with Crippen LogP contribution < -0.4 is 5.32 Å². The molecule has 2 atom stereocenters. The predicted molar refractivity (Wildman–Crippen MR) is 110 cm³/mol. The number of aliphatic hydroxyl groups is 1. The van der Waals surface area contributed by atoms with E-state index in [4.69, 9.17) is 0 Å². The van der Waals surface area contributed by atoms with Crippen LogP contribution in [0.5, 0.6) is 0 Å². The normalized spacial score (nSPS) is 13.6. The molecule has 0 bridgehead atoms. The molecule has 1 aromatic carbocycles. The molecule has 0 aromatic heterocycles. The fourth-order valence-electron chi connectivity index (χ4n) is 2.65. The number of hydrogen-bond acceptors (Lipinski definition) is 3. The van der Waals surface area contributed by atoms with Gasteiger partial charge in [0.15, 0.2) is 0 Å². The molecule has 0 fully saturated rings. The minimum absolute atomic E-state index is 0. The van der Waals surface area contributed by atoms with Gasteiger partial charge in [0.05, 0.1) is 6.10 Å². The largest absolute Gasteiger partial charge is 0.387 e. The van der Waals surface area contributed by atoms with Gasteiger partial charge in [0.1, 0.15) is 0 Å². The molecule has 0 saturated heterocycles. The van der Waals surface area contributed by atoms with Gasteiger partial charge in [-0.1, -0.05) is 65.0 Å². The van der Waals surface area contributed by atoms with Crippen molar-refractivity contribution in [2.75, 3.05) is 6.54 Å². The molecule has 2 unspecified atom stereocenters. The summed E-state index contributed by atoms with van der Waals surface area (Å²) in [4.78, 5) is 1.27. The maximum atomic E-state index is 10.5. The van der Waals surface area contributed by atoms with E-state index < -0.39 is 6.10 Å². The van der Waals surface area contributed by atoms with Gasteiger partial charge in [0, 0.05) is 16.2 Å². The monoisotopic (exact) mass is 373 g/mol. The molecule has 0 aliphatic carbocycles. The molecular formula is C20H36ClNOS. The zero-order valence-electron chi connectivity index (χ0n) is 15.8. The maximum absolute atomic E-state index is 10.5. The SMILES string of the molecule is CCCCCCCCNC(C)C(O)c1ccc(SC(C)C)cc1.Cl. The molecule has 1 rings (SSSR count). The summed E-state index contributed by atoms with van der Waals surface area (Å²) in [5, 5.41) is 14.5. The van der Waals surface area contributed by atoms with Crippen LogP contribution in [0.15, 0.2) is 29.2 Å². The molecule has 0 saturated carbocycles. The van der Waals surface area contributed by atoms with Gasteiger partial charge in [-0.3, -0.25) is 0 Å². The smallest absolute Gasteiger partial charge is 0.0940 e. The van der Waals surface area contributed by atoms with Crippen molar-refractivity contribution >= 4 is 24.2 Å². The van der Waals surface area contributed by atoms with Gasteiger partial charge >= 0.3 is 0 Å². The van der Waals surface area contributed by atoms with Crippen molar-refractivity contribution in [2.45, 2.75) is 88.5 Å². The molecule has 0 heterocycles. The van der Waals surface area contributed by atoms with Crippen molar-refractivity contribution in [1.29, 1.82) is 0 Å². The Balaban J connectivity index is 0.00000529. The molecule has 4 heteroatoms. The molecular weight excluding hydrogens is 338 g/mol. The number of benzene rings is 1. The quantitative estimate of drug-likeness (QED) is 0.349. The van der Waals surface area contributed by atoms with Gasteiger partial charge in [-0.15, -0.1) is 24.2 Å². The van der Waals surface area contributed by atoms with E-state index in [1.807, 2.05) is 11.8 Å². The Bertz CT molecular complexity index is 411. The molecule has 0 aliphatic heterocycles. The van der Waals surface area contributed by atoms with Gasteiger partial charge in [-0.25, -0.2) is 0 Å². The summed E-state index contributed by atoms with van der Waals surface area (Å²) in [6.07, 6.45) is 7.40. The first kappa shape index (κ1) is 23.8. The Morgan fingerprint density at radius 2 is 1.54 bits per heavy atom. The lowest BCUT2D eigenvalue weighted by Crippen LogP contribution is -2.32. The third-order valence-electron chi connectivity index (χ3n) is 4.06. The minimum atomic E-state index is -0.437. The molecule has 2 N–H and O–H groups in total. The van der Waals surface area contributed by atoms with Crippen LogP contribution >= 0.6 is 24.2 Å². The highest BCUT2D eigenvalue weighted by Crippen LogP contribution is 2.25. The second kappa shape index (κ2) is 14.0. The number of rotatable bonds is 12. The van der Waals surface area contributed by atoms with Crippen molar-refractivity contribution in [3.8, 4) is 0 Å². The van der Waals surface area contributed by atoms with E-state index in [1.165, 1.54) is 43.4 Å². The first-order chi connectivity index (χ1) is 11.0. The van der Waals surface area contributed by atoms with E-state index >= 15 is 0 Å². The van der Waals surface area contributed by atoms with Crippen LogP contribution in [-0.4, -0.2) is 22.9 Å². The molecule has 1 aromatic rings. The van der Waals surface area contributed by atoms with Crippen LogP contribution in [0.3, 0.4) is 0 Å². The second-order valence-electron chi connectivity index (χ2n) is 6.69. The Kier molecular flexibility index (Phi) is 13.9. The minimum Gasteiger partial charge on any atom is -0.387 e. The predicted octanol–water partition coefficient (Wildman–Crippen LogP) is 5.98. The van der Waals surface area contributed by atoms with Gasteiger partial charge in [-0.05, 0) is 37.6 Å². The van der Waals surface area contributed by atoms with Crippen molar-refractivity contribution in [1.82, 2.24) is 5.32 Å². The summed E-state index contributed by atoms with van der Waals surface area (Å²) >= 11 is 1.85. The molecule has 2 nitrogen and oxygen atoms in total. The number of nitrogens with one attached hydrogen (secondary N) is 1.